The molecule has 0 saturated heterocycles. The molecule has 2 N–H and O–H groups in total. The molecule has 0 spiro atoms. The maximum absolute atomic E-state index is 12.6. The van der Waals surface area contributed by atoms with Crippen molar-refractivity contribution in [1.29, 1.82) is 0 Å². The van der Waals surface area contributed by atoms with Gasteiger partial charge in [-0.1, -0.05) is 18.2 Å². The molecule has 1 aromatic carbocycles. The second-order valence-electron chi connectivity index (χ2n) is 5.14. The third-order valence-corrected chi connectivity index (χ3v) is 3.47. The first-order valence-electron chi connectivity index (χ1n) is 7.51. The summed E-state index contributed by atoms with van der Waals surface area (Å²) in [5.41, 5.74) is -0.289. The number of methoxy groups -OCH3 is 1. The molecule has 0 aliphatic rings. The molecule has 0 aliphatic carbocycles. The number of nitrogens with zero attached hydrogens (tertiary/aromatic N) is 3. The van der Waals surface area contributed by atoms with Crippen LogP contribution in [0.4, 0.5) is 5.95 Å². The van der Waals surface area contributed by atoms with E-state index < -0.39 is 11.2 Å². The van der Waals surface area contributed by atoms with E-state index in [1.807, 2.05) is 6.07 Å². The number of anilines is 1. The van der Waals surface area contributed by atoms with Crippen LogP contribution in [-0.4, -0.2) is 39.8 Å². The lowest BCUT2D eigenvalue weighted by Gasteiger charge is -2.07. The number of rotatable bonds is 6. The summed E-state index contributed by atoms with van der Waals surface area (Å²) in [4.78, 5) is 35.8. The van der Waals surface area contributed by atoms with Crippen LogP contribution in [0.3, 0.4) is 0 Å². The van der Waals surface area contributed by atoms with E-state index in [9.17, 15) is 9.59 Å². The Morgan fingerprint density at radius 2 is 2.04 bits per heavy atom. The van der Waals surface area contributed by atoms with Crippen molar-refractivity contribution in [2.75, 3.05) is 25.6 Å². The molecule has 3 rings (SSSR count). The Labute approximate surface area is 137 Å². The molecule has 124 valence electrons. The Bertz CT molecular complexity index is 949. The standard InChI is InChI=1S/C16H17N5O3/c1-24-9-5-8-17-15-18-10-12-13(19-15)20-16(23)21(14(12)22)11-6-3-2-4-7-11/h2-4,6-7,10H,5,8-9H2,1H3,(H2,17,18,19,20,23). The third-order valence-electron chi connectivity index (χ3n) is 3.47. The summed E-state index contributed by atoms with van der Waals surface area (Å²) in [7, 11) is 1.63. The number of fused-ring (bicyclic) bond motifs is 1. The number of aromatic nitrogens is 4. The van der Waals surface area contributed by atoms with Gasteiger partial charge in [-0.25, -0.2) is 14.3 Å². The van der Waals surface area contributed by atoms with Gasteiger partial charge in [0.05, 0.1) is 5.69 Å². The number of aromatic amines is 1. The van der Waals surface area contributed by atoms with Crippen molar-refractivity contribution in [3.8, 4) is 5.69 Å². The molecular formula is C16H17N5O3. The summed E-state index contributed by atoms with van der Waals surface area (Å²) in [6.07, 6.45) is 2.21. The van der Waals surface area contributed by atoms with Crippen LogP contribution in [-0.2, 0) is 4.74 Å². The summed E-state index contributed by atoms with van der Waals surface area (Å²) < 4.78 is 6.03. The minimum absolute atomic E-state index is 0.210. The van der Waals surface area contributed by atoms with Gasteiger partial charge in [-0.15, -0.1) is 0 Å². The minimum Gasteiger partial charge on any atom is -0.385 e. The van der Waals surface area contributed by atoms with Crippen molar-refractivity contribution >= 4 is 17.0 Å². The predicted octanol–water partition coefficient (Wildman–Crippen LogP) is 0.917. The molecule has 3 aromatic rings. The van der Waals surface area contributed by atoms with Gasteiger partial charge in [-0.2, -0.15) is 4.98 Å². The van der Waals surface area contributed by atoms with E-state index in [2.05, 4.69) is 20.3 Å². The van der Waals surface area contributed by atoms with Gasteiger partial charge in [0.2, 0.25) is 5.95 Å². The van der Waals surface area contributed by atoms with Crippen molar-refractivity contribution in [3.05, 3.63) is 57.4 Å². The fraction of sp³-hybridized carbons (Fsp3) is 0.250. The van der Waals surface area contributed by atoms with E-state index in [0.717, 1.165) is 11.0 Å². The highest BCUT2D eigenvalue weighted by molar-refractivity contribution is 5.73. The number of H-pyrrole nitrogens is 1. The Balaban J connectivity index is 1.99. The minimum atomic E-state index is -0.539. The monoisotopic (exact) mass is 327 g/mol. The Hall–Kier alpha value is -3.00. The number of para-hydroxylation sites is 1. The van der Waals surface area contributed by atoms with E-state index in [-0.39, 0.29) is 11.0 Å². The summed E-state index contributed by atoms with van der Waals surface area (Å²) in [5, 5.41) is 3.27. The molecule has 8 heteroatoms. The molecule has 2 heterocycles. The van der Waals surface area contributed by atoms with Gasteiger partial charge in [0, 0.05) is 26.5 Å². The van der Waals surface area contributed by atoms with E-state index in [0.29, 0.717) is 24.8 Å². The second kappa shape index (κ2) is 7.05. The van der Waals surface area contributed by atoms with E-state index in [1.165, 1.54) is 6.20 Å². The van der Waals surface area contributed by atoms with Gasteiger partial charge >= 0.3 is 5.69 Å². The average Bonchev–Trinajstić information content (AvgIpc) is 2.59. The van der Waals surface area contributed by atoms with Gasteiger partial charge in [-0.3, -0.25) is 9.78 Å². The Morgan fingerprint density at radius 1 is 1.25 bits per heavy atom. The molecule has 0 unspecified atom stereocenters. The van der Waals surface area contributed by atoms with Crippen molar-refractivity contribution < 1.29 is 4.74 Å². The molecule has 0 radical (unpaired) electrons. The highest BCUT2D eigenvalue weighted by atomic mass is 16.5. The Morgan fingerprint density at radius 3 is 2.79 bits per heavy atom. The number of nitrogens with one attached hydrogen (secondary N) is 2. The van der Waals surface area contributed by atoms with Gasteiger partial charge in [0.1, 0.15) is 5.39 Å². The zero-order chi connectivity index (χ0) is 16.9. The number of hydrogen-bond acceptors (Lipinski definition) is 6. The summed E-state index contributed by atoms with van der Waals surface area (Å²) in [5.74, 6) is 0.353. The summed E-state index contributed by atoms with van der Waals surface area (Å²) >= 11 is 0. The fourth-order valence-corrected chi connectivity index (χ4v) is 2.32. The predicted molar refractivity (Wildman–Crippen MR) is 90.7 cm³/mol. The van der Waals surface area contributed by atoms with E-state index in [1.54, 1.807) is 31.4 Å². The smallest absolute Gasteiger partial charge is 0.334 e. The molecule has 24 heavy (non-hydrogen) atoms. The van der Waals surface area contributed by atoms with Crippen molar-refractivity contribution in [3.63, 3.8) is 0 Å². The van der Waals surface area contributed by atoms with Crippen molar-refractivity contribution in [2.24, 2.45) is 0 Å². The first-order valence-corrected chi connectivity index (χ1v) is 7.51. The molecule has 0 aliphatic heterocycles. The maximum Gasteiger partial charge on any atom is 0.334 e. The van der Waals surface area contributed by atoms with Crippen LogP contribution in [0.5, 0.6) is 0 Å². The van der Waals surface area contributed by atoms with Crippen molar-refractivity contribution in [1.82, 2.24) is 19.5 Å². The van der Waals surface area contributed by atoms with Crippen LogP contribution < -0.4 is 16.6 Å². The van der Waals surface area contributed by atoms with E-state index >= 15 is 0 Å². The van der Waals surface area contributed by atoms with Crippen LogP contribution in [0.25, 0.3) is 16.7 Å². The lowest BCUT2D eigenvalue weighted by atomic mass is 10.3. The van der Waals surface area contributed by atoms with Gasteiger partial charge in [0.15, 0.2) is 5.65 Å². The molecule has 0 atom stereocenters. The van der Waals surface area contributed by atoms with Crippen LogP contribution in [0.1, 0.15) is 6.42 Å². The lowest BCUT2D eigenvalue weighted by Crippen LogP contribution is -2.34. The fourth-order valence-electron chi connectivity index (χ4n) is 2.32. The molecule has 2 aromatic heterocycles. The zero-order valence-corrected chi connectivity index (χ0v) is 13.2. The van der Waals surface area contributed by atoms with Gasteiger partial charge in [0.25, 0.3) is 5.56 Å². The highest BCUT2D eigenvalue weighted by Gasteiger charge is 2.11. The SMILES string of the molecule is COCCCNc1ncc2c(=O)n(-c3ccccc3)c(=O)[nH]c2n1. The van der Waals surface area contributed by atoms with Crippen LogP contribution >= 0.6 is 0 Å². The molecule has 0 fully saturated rings. The Kier molecular flexibility index (Phi) is 4.66. The van der Waals surface area contributed by atoms with Crippen LogP contribution in [0, 0.1) is 0 Å². The summed E-state index contributed by atoms with van der Waals surface area (Å²) in [6, 6.07) is 8.71. The van der Waals surface area contributed by atoms with Gasteiger partial charge in [-0.05, 0) is 18.6 Å². The van der Waals surface area contributed by atoms with E-state index in [4.69, 9.17) is 4.74 Å². The quantitative estimate of drug-likeness (QED) is 0.653. The number of ether oxygens (including phenoxy) is 1. The highest BCUT2D eigenvalue weighted by Crippen LogP contribution is 2.07. The first kappa shape index (κ1) is 15.9. The normalized spacial score (nSPS) is 10.9. The molecule has 0 amide bonds. The molecule has 8 nitrogen and oxygen atoms in total. The van der Waals surface area contributed by atoms with Crippen LogP contribution in [0.2, 0.25) is 0 Å². The van der Waals surface area contributed by atoms with Crippen molar-refractivity contribution in [2.45, 2.75) is 6.42 Å². The molecule has 0 saturated carbocycles. The zero-order valence-electron chi connectivity index (χ0n) is 13.2. The second-order valence-corrected chi connectivity index (χ2v) is 5.14. The maximum atomic E-state index is 12.6. The number of benzene rings is 1. The topological polar surface area (TPSA) is 102 Å². The lowest BCUT2D eigenvalue weighted by molar-refractivity contribution is 0.197. The third kappa shape index (κ3) is 3.18. The first-order chi connectivity index (χ1) is 11.7. The summed E-state index contributed by atoms with van der Waals surface area (Å²) in [6.45, 7) is 1.25. The molecule has 0 bridgehead atoms. The average molecular weight is 327 g/mol. The van der Waals surface area contributed by atoms with Crippen LogP contribution in [0.15, 0.2) is 46.1 Å². The number of hydrogen-bond donors (Lipinski definition) is 2. The van der Waals surface area contributed by atoms with Gasteiger partial charge < -0.3 is 10.1 Å². The molecular weight excluding hydrogens is 310 g/mol. The largest absolute Gasteiger partial charge is 0.385 e.